The van der Waals surface area contributed by atoms with E-state index in [-0.39, 0.29) is 17.9 Å². The standard InChI is InChI=1S/C17H22N2O2/c1-12(20)19-14-8-9-15(19)11-16(10-14)18(2)17(21)13-6-4-3-5-7-13/h3-7,14-16H,8-11H2,1-2H3. The Balaban J connectivity index is 1.72. The third kappa shape index (κ3) is 2.55. The van der Waals surface area contributed by atoms with E-state index in [1.165, 1.54) is 0 Å². The highest BCUT2D eigenvalue weighted by atomic mass is 16.2. The molecule has 0 aromatic heterocycles. The molecule has 112 valence electrons. The van der Waals surface area contributed by atoms with Gasteiger partial charge in [-0.1, -0.05) is 18.2 Å². The molecule has 2 atom stereocenters. The molecule has 1 aromatic rings. The maximum Gasteiger partial charge on any atom is 0.253 e. The molecule has 2 aliphatic rings. The lowest BCUT2D eigenvalue weighted by molar-refractivity contribution is -0.133. The summed E-state index contributed by atoms with van der Waals surface area (Å²) in [6.45, 7) is 1.66. The topological polar surface area (TPSA) is 40.6 Å². The smallest absolute Gasteiger partial charge is 0.253 e. The van der Waals surface area contributed by atoms with Gasteiger partial charge in [0.2, 0.25) is 5.91 Å². The molecule has 0 spiro atoms. The van der Waals surface area contributed by atoms with Gasteiger partial charge in [-0.25, -0.2) is 0 Å². The Morgan fingerprint density at radius 2 is 1.67 bits per heavy atom. The van der Waals surface area contributed by atoms with Crippen LogP contribution in [0.2, 0.25) is 0 Å². The van der Waals surface area contributed by atoms with Crippen LogP contribution in [0.15, 0.2) is 30.3 Å². The molecule has 2 bridgehead atoms. The van der Waals surface area contributed by atoms with Crippen LogP contribution in [0.4, 0.5) is 0 Å². The van der Waals surface area contributed by atoms with Crippen LogP contribution >= 0.6 is 0 Å². The first-order valence-corrected chi connectivity index (χ1v) is 7.69. The number of fused-ring (bicyclic) bond motifs is 2. The molecule has 0 saturated carbocycles. The number of amides is 2. The van der Waals surface area contributed by atoms with E-state index in [2.05, 4.69) is 0 Å². The fraction of sp³-hybridized carbons (Fsp3) is 0.529. The predicted molar refractivity (Wildman–Crippen MR) is 80.9 cm³/mol. The Morgan fingerprint density at radius 3 is 2.19 bits per heavy atom. The number of benzene rings is 1. The highest BCUT2D eigenvalue weighted by Gasteiger charge is 2.43. The molecule has 2 unspecified atom stereocenters. The second kappa shape index (κ2) is 5.51. The van der Waals surface area contributed by atoms with Crippen LogP contribution in [0.25, 0.3) is 0 Å². The van der Waals surface area contributed by atoms with E-state index in [1.807, 2.05) is 47.2 Å². The van der Waals surface area contributed by atoms with E-state index >= 15 is 0 Å². The molecule has 2 heterocycles. The Bertz CT molecular complexity index is 529. The van der Waals surface area contributed by atoms with Crippen LogP contribution in [-0.4, -0.2) is 46.8 Å². The molecule has 2 fully saturated rings. The summed E-state index contributed by atoms with van der Waals surface area (Å²) in [4.78, 5) is 28.2. The zero-order chi connectivity index (χ0) is 15.0. The van der Waals surface area contributed by atoms with Crippen molar-refractivity contribution in [1.29, 1.82) is 0 Å². The average molecular weight is 286 g/mol. The number of hydrogen-bond acceptors (Lipinski definition) is 2. The van der Waals surface area contributed by atoms with Gasteiger partial charge >= 0.3 is 0 Å². The first-order chi connectivity index (χ1) is 10.1. The van der Waals surface area contributed by atoms with Gasteiger partial charge in [0.25, 0.3) is 5.91 Å². The summed E-state index contributed by atoms with van der Waals surface area (Å²) in [5.41, 5.74) is 0.737. The second-order valence-corrected chi connectivity index (χ2v) is 6.22. The highest BCUT2D eigenvalue weighted by molar-refractivity contribution is 5.94. The molecule has 21 heavy (non-hydrogen) atoms. The van der Waals surface area contributed by atoms with Gasteiger partial charge in [0, 0.05) is 37.7 Å². The Kier molecular flexibility index (Phi) is 3.70. The third-order valence-corrected chi connectivity index (χ3v) is 4.96. The SMILES string of the molecule is CC(=O)N1C2CCC1CC(N(C)C(=O)c1ccccc1)C2. The first-order valence-electron chi connectivity index (χ1n) is 7.69. The van der Waals surface area contributed by atoms with E-state index in [9.17, 15) is 9.59 Å². The molecule has 0 aliphatic carbocycles. The Morgan fingerprint density at radius 1 is 1.10 bits per heavy atom. The number of carbonyl (C=O) groups is 2. The third-order valence-electron chi connectivity index (χ3n) is 4.96. The lowest BCUT2D eigenvalue weighted by Gasteiger charge is -2.41. The van der Waals surface area contributed by atoms with Crippen molar-refractivity contribution in [2.75, 3.05) is 7.05 Å². The Hall–Kier alpha value is -1.84. The maximum absolute atomic E-state index is 12.5. The minimum atomic E-state index is 0.0799. The van der Waals surface area contributed by atoms with Gasteiger partial charge in [-0.15, -0.1) is 0 Å². The molecule has 2 amide bonds. The van der Waals surface area contributed by atoms with Crippen LogP contribution in [0.1, 0.15) is 43.0 Å². The minimum Gasteiger partial charge on any atom is -0.339 e. The molecular formula is C17H22N2O2. The highest BCUT2D eigenvalue weighted by Crippen LogP contribution is 2.37. The lowest BCUT2D eigenvalue weighted by Crippen LogP contribution is -2.52. The fourth-order valence-corrected chi connectivity index (χ4v) is 3.93. The normalized spacial score (nSPS) is 27.5. The largest absolute Gasteiger partial charge is 0.339 e. The molecule has 2 aliphatic heterocycles. The average Bonchev–Trinajstić information content (AvgIpc) is 2.77. The van der Waals surface area contributed by atoms with E-state index in [0.29, 0.717) is 12.1 Å². The summed E-state index contributed by atoms with van der Waals surface area (Å²) in [5.74, 6) is 0.259. The van der Waals surface area contributed by atoms with Crippen LogP contribution in [0, 0.1) is 0 Å². The van der Waals surface area contributed by atoms with Crippen molar-refractivity contribution < 1.29 is 9.59 Å². The van der Waals surface area contributed by atoms with Gasteiger partial charge in [0.1, 0.15) is 0 Å². The molecule has 0 N–H and O–H groups in total. The molecular weight excluding hydrogens is 264 g/mol. The quantitative estimate of drug-likeness (QED) is 0.837. The van der Waals surface area contributed by atoms with Crippen molar-refractivity contribution >= 4 is 11.8 Å². The lowest BCUT2D eigenvalue weighted by atomic mass is 9.95. The van der Waals surface area contributed by atoms with Gasteiger partial charge in [-0.3, -0.25) is 9.59 Å². The summed E-state index contributed by atoms with van der Waals surface area (Å²) in [6, 6.07) is 10.3. The van der Waals surface area contributed by atoms with Gasteiger partial charge < -0.3 is 9.80 Å². The first kappa shape index (κ1) is 14.1. The molecule has 4 heteroatoms. The minimum absolute atomic E-state index is 0.0799. The second-order valence-electron chi connectivity index (χ2n) is 6.22. The summed E-state index contributed by atoms with van der Waals surface area (Å²) >= 11 is 0. The number of piperidine rings is 1. The summed E-state index contributed by atoms with van der Waals surface area (Å²) in [6.07, 6.45) is 3.97. The molecule has 2 saturated heterocycles. The van der Waals surface area contributed by atoms with Crippen molar-refractivity contribution in [3.05, 3.63) is 35.9 Å². The van der Waals surface area contributed by atoms with E-state index < -0.39 is 0 Å². The fourth-order valence-electron chi connectivity index (χ4n) is 3.93. The number of carbonyl (C=O) groups excluding carboxylic acids is 2. The number of hydrogen-bond donors (Lipinski definition) is 0. The maximum atomic E-state index is 12.5. The van der Waals surface area contributed by atoms with Crippen LogP contribution in [0.5, 0.6) is 0 Å². The molecule has 3 rings (SSSR count). The van der Waals surface area contributed by atoms with E-state index in [4.69, 9.17) is 0 Å². The van der Waals surface area contributed by atoms with E-state index in [0.717, 1.165) is 31.2 Å². The molecule has 4 nitrogen and oxygen atoms in total. The van der Waals surface area contributed by atoms with Gasteiger partial charge in [0.05, 0.1) is 0 Å². The van der Waals surface area contributed by atoms with E-state index in [1.54, 1.807) is 6.92 Å². The van der Waals surface area contributed by atoms with Crippen LogP contribution < -0.4 is 0 Å². The van der Waals surface area contributed by atoms with Gasteiger partial charge in [0.15, 0.2) is 0 Å². The van der Waals surface area contributed by atoms with Crippen LogP contribution in [-0.2, 0) is 4.79 Å². The van der Waals surface area contributed by atoms with Crippen LogP contribution in [0.3, 0.4) is 0 Å². The summed E-state index contributed by atoms with van der Waals surface area (Å²) < 4.78 is 0. The van der Waals surface area contributed by atoms with Crippen molar-refractivity contribution in [3.8, 4) is 0 Å². The number of rotatable bonds is 2. The zero-order valence-corrected chi connectivity index (χ0v) is 12.7. The van der Waals surface area contributed by atoms with Gasteiger partial charge in [-0.05, 0) is 37.8 Å². The predicted octanol–water partition coefficient (Wildman–Crippen LogP) is 2.30. The monoisotopic (exact) mass is 286 g/mol. The molecule has 0 radical (unpaired) electrons. The van der Waals surface area contributed by atoms with Crippen molar-refractivity contribution in [3.63, 3.8) is 0 Å². The molecule has 1 aromatic carbocycles. The summed E-state index contributed by atoms with van der Waals surface area (Å²) in [5, 5.41) is 0. The summed E-state index contributed by atoms with van der Waals surface area (Å²) in [7, 11) is 1.89. The van der Waals surface area contributed by atoms with Gasteiger partial charge in [-0.2, -0.15) is 0 Å². The van der Waals surface area contributed by atoms with Crippen molar-refractivity contribution in [2.24, 2.45) is 0 Å². The Labute approximate surface area is 125 Å². The zero-order valence-electron chi connectivity index (χ0n) is 12.7. The van der Waals surface area contributed by atoms with Crippen molar-refractivity contribution in [1.82, 2.24) is 9.80 Å². The van der Waals surface area contributed by atoms with Crippen molar-refractivity contribution in [2.45, 2.75) is 50.7 Å². The number of nitrogens with zero attached hydrogens (tertiary/aromatic N) is 2.